The van der Waals surface area contributed by atoms with Crippen molar-refractivity contribution in [3.63, 3.8) is 0 Å². The zero-order valence-corrected chi connectivity index (χ0v) is 15.8. The Kier molecular flexibility index (Phi) is 5.56. The quantitative estimate of drug-likeness (QED) is 0.620. The first-order valence-electron chi connectivity index (χ1n) is 8.67. The molecule has 1 aliphatic rings. The van der Waals surface area contributed by atoms with Crippen molar-refractivity contribution in [1.82, 2.24) is 0 Å². The Bertz CT molecular complexity index is 819. The number of nitrogens with one attached hydrogen (secondary N) is 1. The van der Waals surface area contributed by atoms with E-state index in [0.29, 0.717) is 22.0 Å². The van der Waals surface area contributed by atoms with E-state index in [4.69, 9.17) is 25.8 Å². The lowest BCUT2D eigenvalue weighted by Gasteiger charge is -2.41. The van der Waals surface area contributed by atoms with E-state index in [1.807, 2.05) is 6.07 Å². The molecule has 0 bridgehead atoms. The van der Waals surface area contributed by atoms with Gasteiger partial charge >= 0.3 is 17.5 Å². The molecule has 0 fully saturated rings. The van der Waals surface area contributed by atoms with Crippen molar-refractivity contribution in [1.29, 1.82) is 0 Å². The zero-order valence-electron chi connectivity index (χ0n) is 15.0. The first kappa shape index (κ1) is 19.0. The van der Waals surface area contributed by atoms with E-state index < -0.39 is 23.6 Å². The van der Waals surface area contributed by atoms with E-state index >= 15 is 0 Å². The second-order valence-electron chi connectivity index (χ2n) is 5.90. The highest BCUT2D eigenvalue weighted by atomic mass is 35.5. The monoisotopic (exact) mass is 389 g/mol. The SMILES string of the molecule is CCOC(=O)C1(C(=O)OCC)Oc2ccccc2NC1c1ccc(Cl)cc1. The van der Waals surface area contributed by atoms with Crippen molar-refractivity contribution >= 4 is 29.2 Å². The molecule has 1 atom stereocenters. The third kappa shape index (κ3) is 3.45. The number of halogens is 1. The van der Waals surface area contributed by atoms with Gasteiger partial charge in [0, 0.05) is 5.02 Å². The lowest BCUT2D eigenvalue weighted by atomic mass is 9.86. The number of benzene rings is 2. The van der Waals surface area contributed by atoms with Crippen LogP contribution in [0.5, 0.6) is 5.75 Å². The smallest absolute Gasteiger partial charge is 0.365 e. The number of carbonyl (C=O) groups is 2. The minimum absolute atomic E-state index is 0.0956. The van der Waals surface area contributed by atoms with Gasteiger partial charge in [-0.3, -0.25) is 0 Å². The van der Waals surface area contributed by atoms with Crippen LogP contribution >= 0.6 is 11.6 Å². The summed E-state index contributed by atoms with van der Waals surface area (Å²) in [7, 11) is 0. The third-order valence-electron chi connectivity index (χ3n) is 4.23. The van der Waals surface area contributed by atoms with E-state index in [-0.39, 0.29) is 13.2 Å². The lowest BCUT2D eigenvalue weighted by molar-refractivity contribution is -0.182. The van der Waals surface area contributed by atoms with Crippen LogP contribution < -0.4 is 10.1 Å². The van der Waals surface area contributed by atoms with Gasteiger partial charge in [-0.05, 0) is 43.7 Å². The number of rotatable bonds is 5. The molecule has 3 rings (SSSR count). The maximum atomic E-state index is 13.0. The standard InChI is InChI=1S/C20H20ClNO5/c1-3-25-18(23)20(19(24)26-4-2)17(13-9-11-14(21)12-10-13)22-15-7-5-6-8-16(15)27-20/h5-12,17,22H,3-4H2,1-2H3. The average Bonchev–Trinajstić information content (AvgIpc) is 2.67. The first-order chi connectivity index (χ1) is 13.0. The van der Waals surface area contributed by atoms with E-state index in [2.05, 4.69) is 5.32 Å². The topological polar surface area (TPSA) is 73.9 Å². The fourth-order valence-electron chi connectivity index (χ4n) is 3.02. The second-order valence-corrected chi connectivity index (χ2v) is 6.34. The fourth-order valence-corrected chi connectivity index (χ4v) is 3.14. The zero-order chi connectivity index (χ0) is 19.4. The normalized spacial score (nSPS) is 17.1. The lowest BCUT2D eigenvalue weighted by Crippen LogP contribution is -2.61. The Morgan fingerprint density at radius 1 is 1.04 bits per heavy atom. The van der Waals surface area contributed by atoms with E-state index in [1.54, 1.807) is 56.3 Å². The fraction of sp³-hybridized carbons (Fsp3) is 0.300. The van der Waals surface area contributed by atoms with Crippen LogP contribution in [-0.2, 0) is 19.1 Å². The maximum Gasteiger partial charge on any atom is 0.365 e. The molecule has 27 heavy (non-hydrogen) atoms. The molecule has 0 amide bonds. The molecule has 2 aromatic rings. The van der Waals surface area contributed by atoms with Gasteiger partial charge in [-0.1, -0.05) is 35.9 Å². The van der Waals surface area contributed by atoms with Crippen LogP contribution in [0.2, 0.25) is 5.02 Å². The van der Waals surface area contributed by atoms with Gasteiger partial charge in [0.25, 0.3) is 0 Å². The van der Waals surface area contributed by atoms with Crippen molar-refractivity contribution in [3.05, 3.63) is 59.1 Å². The van der Waals surface area contributed by atoms with Crippen LogP contribution in [0.1, 0.15) is 25.5 Å². The Morgan fingerprint density at radius 3 is 2.22 bits per heavy atom. The number of carbonyl (C=O) groups excluding carboxylic acids is 2. The summed E-state index contributed by atoms with van der Waals surface area (Å²) >= 11 is 5.99. The van der Waals surface area contributed by atoms with Crippen LogP contribution in [0.3, 0.4) is 0 Å². The van der Waals surface area contributed by atoms with Gasteiger partial charge in [0.15, 0.2) is 0 Å². The molecule has 142 valence electrons. The van der Waals surface area contributed by atoms with Gasteiger partial charge < -0.3 is 19.5 Å². The number of hydrogen-bond acceptors (Lipinski definition) is 6. The van der Waals surface area contributed by atoms with Crippen molar-refractivity contribution in [2.45, 2.75) is 25.5 Å². The van der Waals surface area contributed by atoms with E-state index in [1.165, 1.54) is 0 Å². The molecule has 1 unspecified atom stereocenters. The second kappa shape index (κ2) is 7.88. The van der Waals surface area contributed by atoms with Crippen molar-refractivity contribution in [2.24, 2.45) is 0 Å². The summed E-state index contributed by atoms with van der Waals surface area (Å²) < 4.78 is 16.4. The molecule has 0 aliphatic carbocycles. The molecule has 0 aromatic heterocycles. The molecular weight excluding hydrogens is 370 g/mol. The Balaban J connectivity index is 2.18. The van der Waals surface area contributed by atoms with E-state index in [9.17, 15) is 9.59 Å². The van der Waals surface area contributed by atoms with Crippen LogP contribution in [-0.4, -0.2) is 30.8 Å². The van der Waals surface area contributed by atoms with Crippen LogP contribution in [0.15, 0.2) is 48.5 Å². The maximum absolute atomic E-state index is 13.0. The molecule has 1 N–H and O–H groups in total. The minimum Gasteiger partial charge on any atom is -0.462 e. The number of para-hydroxylation sites is 2. The summed E-state index contributed by atoms with van der Waals surface area (Å²) in [4.78, 5) is 26.0. The molecule has 1 aliphatic heterocycles. The van der Waals surface area contributed by atoms with Gasteiger partial charge in [0.2, 0.25) is 0 Å². The molecule has 0 radical (unpaired) electrons. The van der Waals surface area contributed by atoms with Gasteiger partial charge in [-0.25, -0.2) is 9.59 Å². The van der Waals surface area contributed by atoms with Crippen molar-refractivity contribution in [3.8, 4) is 5.75 Å². The summed E-state index contributed by atoms with van der Waals surface area (Å²) in [6, 6.07) is 13.0. The molecule has 0 saturated heterocycles. The molecule has 7 heteroatoms. The minimum atomic E-state index is -2.02. The number of esters is 2. The highest BCUT2D eigenvalue weighted by Gasteiger charge is 2.61. The Hall–Kier alpha value is -2.73. The first-order valence-corrected chi connectivity index (χ1v) is 9.05. The predicted molar refractivity (Wildman–Crippen MR) is 101 cm³/mol. The van der Waals surface area contributed by atoms with Crippen LogP contribution in [0, 0.1) is 0 Å². The number of ether oxygens (including phenoxy) is 3. The van der Waals surface area contributed by atoms with Crippen LogP contribution in [0.4, 0.5) is 5.69 Å². The van der Waals surface area contributed by atoms with E-state index in [0.717, 1.165) is 0 Å². The van der Waals surface area contributed by atoms with Gasteiger partial charge in [0.05, 0.1) is 18.9 Å². The summed E-state index contributed by atoms with van der Waals surface area (Å²) in [5.41, 5.74) is -0.731. The van der Waals surface area contributed by atoms with Gasteiger partial charge in [0.1, 0.15) is 11.8 Å². The largest absolute Gasteiger partial charge is 0.462 e. The summed E-state index contributed by atoms with van der Waals surface area (Å²) in [6.07, 6.45) is 0. The predicted octanol–water partition coefficient (Wildman–Crippen LogP) is 3.75. The Morgan fingerprint density at radius 2 is 1.63 bits per heavy atom. The molecule has 2 aromatic carbocycles. The van der Waals surface area contributed by atoms with Crippen molar-refractivity contribution in [2.75, 3.05) is 18.5 Å². The summed E-state index contributed by atoms with van der Waals surface area (Å²) in [5.74, 6) is -1.26. The highest BCUT2D eigenvalue weighted by molar-refractivity contribution is 6.30. The summed E-state index contributed by atoms with van der Waals surface area (Å²) in [6.45, 7) is 3.52. The third-order valence-corrected chi connectivity index (χ3v) is 4.48. The number of anilines is 1. The number of fused-ring (bicyclic) bond motifs is 1. The van der Waals surface area contributed by atoms with Gasteiger partial charge in [-0.15, -0.1) is 0 Å². The Labute approximate surface area is 162 Å². The molecule has 0 saturated carbocycles. The molecule has 1 heterocycles. The molecule has 0 spiro atoms. The number of hydrogen-bond donors (Lipinski definition) is 1. The van der Waals surface area contributed by atoms with Gasteiger partial charge in [-0.2, -0.15) is 0 Å². The van der Waals surface area contributed by atoms with Crippen molar-refractivity contribution < 1.29 is 23.8 Å². The van der Waals surface area contributed by atoms with Crippen LogP contribution in [0.25, 0.3) is 0 Å². The summed E-state index contributed by atoms with van der Waals surface area (Å²) in [5, 5.41) is 3.77. The highest BCUT2D eigenvalue weighted by Crippen LogP contribution is 2.44. The molecule has 6 nitrogen and oxygen atoms in total. The molecular formula is C20H20ClNO5. The average molecular weight is 390 g/mol.